The van der Waals surface area contributed by atoms with Crippen molar-refractivity contribution in [3.8, 4) is 16.9 Å². The molecule has 1 heterocycles. The minimum absolute atomic E-state index is 0.0217. The van der Waals surface area contributed by atoms with E-state index < -0.39 is 5.97 Å². The SMILES string of the molecule is CC(=O)c1ccc(-n2c(CCC(=O)O)ccc2-c2ccccc2)cc1. The van der Waals surface area contributed by atoms with Gasteiger partial charge in [0.25, 0.3) is 0 Å². The number of nitrogens with zero attached hydrogens (tertiary/aromatic N) is 1. The summed E-state index contributed by atoms with van der Waals surface area (Å²) in [4.78, 5) is 22.5. The summed E-state index contributed by atoms with van der Waals surface area (Å²) in [6, 6.07) is 21.3. The van der Waals surface area contributed by atoms with Gasteiger partial charge in [-0.2, -0.15) is 0 Å². The third-order valence-electron chi connectivity index (χ3n) is 4.16. The highest BCUT2D eigenvalue weighted by Gasteiger charge is 2.13. The molecule has 3 rings (SSSR count). The van der Waals surface area contributed by atoms with Crippen LogP contribution in [0, 0.1) is 0 Å². The smallest absolute Gasteiger partial charge is 0.303 e. The summed E-state index contributed by atoms with van der Waals surface area (Å²) in [6.45, 7) is 1.54. The van der Waals surface area contributed by atoms with E-state index in [0.29, 0.717) is 12.0 Å². The molecule has 0 saturated heterocycles. The molecule has 0 aliphatic carbocycles. The number of hydrogen-bond donors (Lipinski definition) is 1. The van der Waals surface area contributed by atoms with Crippen molar-refractivity contribution in [1.29, 1.82) is 0 Å². The van der Waals surface area contributed by atoms with E-state index in [-0.39, 0.29) is 12.2 Å². The van der Waals surface area contributed by atoms with Gasteiger partial charge in [0.2, 0.25) is 0 Å². The maximum Gasteiger partial charge on any atom is 0.303 e. The lowest BCUT2D eigenvalue weighted by molar-refractivity contribution is -0.136. The van der Waals surface area contributed by atoms with Crippen LogP contribution in [0.25, 0.3) is 16.9 Å². The lowest BCUT2D eigenvalue weighted by atomic mass is 10.1. The second kappa shape index (κ2) is 7.18. The minimum atomic E-state index is -0.819. The first kappa shape index (κ1) is 16.7. The van der Waals surface area contributed by atoms with Gasteiger partial charge in [0.15, 0.2) is 5.78 Å². The lowest BCUT2D eigenvalue weighted by Crippen LogP contribution is -2.05. The zero-order chi connectivity index (χ0) is 17.8. The van der Waals surface area contributed by atoms with Crippen LogP contribution in [0.3, 0.4) is 0 Å². The van der Waals surface area contributed by atoms with Gasteiger partial charge in [-0.25, -0.2) is 0 Å². The molecule has 0 atom stereocenters. The number of carbonyl (C=O) groups excluding carboxylic acids is 1. The Morgan fingerprint density at radius 1 is 0.920 bits per heavy atom. The largest absolute Gasteiger partial charge is 0.481 e. The monoisotopic (exact) mass is 333 g/mol. The highest BCUT2D eigenvalue weighted by atomic mass is 16.4. The summed E-state index contributed by atoms with van der Waals surface area (Å²) in [6.07, 6.45) is 0.514. The fourth-order valence-corrected chi connectivity index (χ4v) is 2.89. The molecule has 126 valence electrons. The molecule has 0 fully saturated rings. The van der Waals surface area contributed by atoms with E-state index in [2.05, 4.69) is 4.57 Å². The molecule has 4 nitrogen and oxygen atoms in total. The molecule has 0 aliphatic rings. The van der Waals surface area contributed by atoms with E-state index in [1.54, 1.807) is 19.1 Å². The fraction of sp³-hybridized carbons (Fsp3) is 0.143. The van der Waals surface area contributed by atoms with Crippen molar-refractivity contribution in [2.75, 3.05) is 0 Å². The van der Waals surface area contributed by atoms with Gasteiger partial charge in [-0.15, -0.1) is 0 Å². The molecule has 0 radical (unpaired) electrons. The molecule has 0 saturated carbocycles. The van der Waals surface area contributed by atoms with Crippen LogP contribution in [0.1, 0.15) is 29.4 Å². The molecule has 1 aromatic heterocycles. The summed E-state index contributed by atoms with van der Waals surface area (Å²) in [5.74, 6) is -0.797. The van der Waals surface area contributed by atoms with Crippen LogP contribution in [0.2, 0.25) is 0 Å². The Morgan fingerprint density at radius 3 is 2.20 bits per heavy atom. The summed E-state index contributed by atoms with van der Waals surface area (Å²) >= 11 is 0. The quantitative estimate of drug-likeness (QED) is 0.682. The highest BCUT2D eigenvalue weighted by molar-refractivity contribution is 5.94. The number of carbonyl (C=O) groups is 2. The zero-order valence-corrected chi connectivity index (χ0v) is 14.0. The van der Waals surface area contributed by atoms with E-state index in [4.69, 9.17) is 5.11 Å². The average Bonchev–Trinajstić information content (AvgIpc) is 3.04. The van der Waals surface area contributed by atoms with E-state index >= 15 is 0 Å². The number of hydrogen-bond acceptors (Lipinski definition) is 2. The van der Waals surface area contributed by atoms with Crippen LogP contribution in [-0.2, 0) is 11.2 Å². The van der Waals surface area contributed by atoms with Crippen LogP contribution in [0.5, 0.6) is 0 Å². The highest BCUT2D eigenvalue weighted by Crippen LogP contribution is 2.27. The maximum atomic E-state index is 11.5. The predicted molar refractivity (Wildman–Crippen MR) is 97.2 cm³/mol. The molecular weight excluding hydrogens is 314 g/mol. The van der Waals surface area contributed by atoms with Crippen LogP contribution in [0.4, 0.5) is 0 Å². The minimum Gasteiger partial charge on any atom is -0.481 e. The topological polar surface area (TPSA) is 59.3 Å². The van der Waals surface area contributed by atoms with Crippen molar-refractivity contribution in [1.82, 2.24) is 4.57 Å². The van der Waals surface area contributed by atoms with Crippen molar-refractivity contribution in [3.05, 3.63) is 78.0 Å². The first-order valence-corrected chi connectivity index (χ1v) is 8.15. The molecule has 0 bridgehead atoms. The van der Waals surface area contributed by atoms with Crippen molar-refractivity contribution in [3.63, 3.8) is 0 Å². The molecular formula is C21H19NO3. The molecule has 0 unspecified atom stereocenters. The summed E-state index contributed by atoms with van der Waals surface area (Å²) < 4.78 is 2.06. The molecule has 0 amide bonds. The van der Waals surface area contributed by atoms with Crippen LogP contribution < -0.4 is 0 Å². The number of benzene rings is 2. The molecule has 25 heavy (non-hydrogen) atoms. The Balaban J connectivity index is 2.08. The predicted octanol–water partition coefficient (Wildman–Crippen LogP) is 4.36. The van der Waals surface area contributed by atoms with E-state index in [0.717, 1.165) is 22.6 Å². The lowest BCUT2D eigenvalue weighted by Gasteiger charge is -2.14. The van der Waals surface area contributed by atoms with Crippen LogP contribution in [-0.4, -0.2) is 21.4 Å². The molecule has 1 N–H and O–H groups in total. The number of aliphatic carboxylic acids is 1. The summed E-state index contributed by atoms with van der Waals surface area (Å²) in [7, 11) is 0. The Labute approximate surface area is 146 Å². The number of aromatic nitrogens is 1. The van der Waals surface area contributed by atoms with Gasteiger partial charge < -0.3 is 9.67 Å². The van der Waals surface area contributed by atoms with E-state index in [9.17, 15) is 9.59 Å². The van der Waals surface area contributed by atoms with Gasteiger partial charge in [-0.3, -0.25) is 9.59 Å². The van der Waals surface area contributed by atoms with Gasteiger partial charge in [0, 0.05) is 16.9 Å². The van der Waals surface area contributed by atoms with Gasteiger partial charge >= 0.3 is 5.97 Å². The summed E-state index contributed by atoms with van der Waals surface area (Å²) in [5, 5.41) is 9.01. The molecule has 4 heteroatoms. The van der Waals surface area contributed by atoms with Crippen molar-refractivity contribution < 1.29 is 14.7 Å². The first-order chi connectivity index (χ1) is 12.1. The molecule has 3 aromatic rings. The number of rotatable bonds is 6. The molecule has 2 aromatic carbocycles. The molecule has 0 aliphatic heterocycles. The average molecular weight is 333 g/mol. The number of carboxylic acid groups (broad SMARTS) is 1. The zero-order valence-electron chi connectivity index (χ0n) is 14.0. The third-order valence-corrected chi connectivity index (χ3v) is 4.16. The van der Waals surface area contributed by atoms with Crippen molar-refractivity contribution in [2.24, 2.45) is 0 Å². The third kappa shape index (κ3) is 3.69. The maximum absolute atomic E-state index is 11.5. The Bertz CT molecular complexity index is 893. The molecule has 0 spiro atoms. The number of ketones is 1. The van der Waals surface area contributed by atoms with Gasteiger partial charge in [-0.05, 0) is 55.3 Å². The number of aryl methyl sites for hydroxylation is 1. The first-order valence-electron chi connectivity index (χ1n) is 8.15. The summed E-state index contributed by atoms with van der Waals surface area (Å²) in [5.41, 5.74) is 4.55. The van der Waals surface area contributed by atoms with Crippen LogP contribution >= 0.6 is 0 Å². The van der Waals surface area contributed by atoms with E-state index in [1.807, 2.05) is 54.6 Å². The van der Waals surface area contributed by atoms with Crippen molar-refractivity contribution in [2.45, 2.75) is 19.8 Å². The van der Waals surface area contributed by atoms with Gasteiger partial charge in [0.1, 0.15) is 0 Å². The van der Waals surface area contributed by atoms with Gasteiger partial charge in [0.05, 0.1) is 12.1 Å². The fourth-order valence-electron chi connectivity index (χ4n) is 2.89. The second-order valence-corrected chi connectivity index (χ2v) is 5.91. The normalized spacial score (nSPS) is 10.6. The van der Waals surface area contributed by atoms with Crippen molar-refractivity contribution >= 4 is 11.8 Å². The van der Waals surface area contributed by atoms with Crippen LogP contribution in [0.15, 0.2) is 66.7 Å². The number of carboxylic acids is 1. The second-order valence-electron chi connectivity index (χ2n) is 5.91. The Morgan fingerprint density at radius 2 is 1.60 bits per heavy atom. The standard InChI is InChI=1S/C21H19NO3/c1-15(23)16-7-9-18(10-8-16)22-19(12-14-21(24)25)11-13-20(22)17-5-3-2-4-6-17/h2-11,13H,12,14H2,1H3,(H,24,25). The number of Topliss-reactive ketones (excluding diaryl/α,β-unsaturated/α-hetero) is 1. The Kier molecular flexibility index (Phi) is 4.80. The Hall–Kier alpha value is -3.14. The van der Waals surface area contributed by atoms with E-state index in [1.165, 1.54) is 0 Å². The van der Waals surface area contributed by atoms with Gasteiger partial charge in [-0.1, -0.05) is 30.3 Å².